The summed E-state index contributed by atoms with van der Waals surface area (Å²) in [5.74, 6) is -0.00547. The van der Waals surface area contributed by atoms with Crippen LogP contribution < -0.4 is 10.5 Å². The molecule has 0 saturated heterocycles. The standard InChI is InChI=1S/C9H22N4O2S/c1-4-8(7-9(10)11)12-16(14,15)13(5-2)6-3/h8,12H,4-7H2,1-3H3,(H3,10,11). The van der Waals surface area contributed by atoms with Crippen molar-refractivity contribution in [3.63, 3.8) is 0 Å². The Bertz CT molecular complexity index is 311. The van der Waals surface area contributed by atoms with E-state index in [4.69, 9.17) is 11.1 Å². The first-order valence-corrected chi connectivity index (χ1v) is 6.91. The summed E-state index contributed by atoms with van der Waals surface area (Å²) in [6, 6.07) is -0.303. The van der Waals surface area contributed by atoms with Gasteiger partial charge in [-0.2, -0.15) is 17.4 Å². The third-order valence-electron chi connectivity index (χ3n) is 2.32. The second kappa shape index (κ2) is 6.82. The van der Waals surface area contributed by atoms with Crippen molar-refractivity contribution in [3.05, 3.63) is 0 Å². The van der Waals surface area contributed by atoms with E-state index in [-0.39, 0.29) is 18.3 Å². The van der Waals surface area contributed by atoms with Crippen LogP contribution in [0, 0.1) is 5.41 Å². The van der Waals surface area contributed by atoms with Crippen LogP contribution in [0.3, 0.4) is 0 Å². The first-order chi connectivity index (χ1) is 7.37. The van der Waals surface area contributed by atoms with Crippen LogP contribution >= 0.6 is 0 Å². The molecule has 0 aliphatic heterocycles. The number of nitrogens with two attached hydrogens (primary N) is 1. The zero-order valence-electron chi connectivity index (χ0n) is 10.2. The summed E-state index contributed by atoms with van der Waals surface area (Å²) in [4.78, 5) is 0. The molecule has 0 rings (SSSR count). The van der Waals surface area contributed by atoms with E-state index in [0.29, 0.717) is 19.5 Å². The van der Waals surface area contributed by atoms with Crippen molar-refractivity contribution in [2.45, 2.75) is 39.7 Å². The van der Waals surface area contributed by atoms with Gasteiger partial charge in [-0.15, -0.1) is 0 Å². The van der Waals surface area contributed by atoms with Crippen molar-refractivity contribution < 1.29 is 8.42 Å². The molecule has 0 saturated carbocycles. The molecule has 0 spiro atoms. The molecule has 0 fully saturated rings. The quantitative estimate of drug-likeness (QED) is 0.426. The number of rotatable bonds is 8. The highest BCUT2D eigenvalue weighted by molar-refractivity contribution is 7.87. The molecule has 0 aliphatic rings. The van der Waals surface area contributed by atoms with E-state index in [1.54, 1.807) is 13.8 Å². The second-order valence-electron chi connectivity index (χ2n) is 3.54. The molecule has 1 atom stereocenters. The fraction of sp³-hybridized carbons (Fsp3) is 0.889. The first kappa shape index (κ1) is 15.3. The van der Waals surface area contributed by atoms with Gasteiger partial charge < -0.3 is 5.73 Å². The minimum atomic E-state index is -3.45. The van der Waals surface area contributed by atoms with Gasteiger partial charge in [-0.25, -0.2) is 0 Å². The van der Waals surface area contributed by atoms with E-state index in [0.717, 1.165) is 0 Å². The number of nitrogens with one attached hydrogen (secondary N) is 2. The maximum atomic E-state index is 11.8. The average molecular weight is 250 g/mol. The molecule has 0 aromatic heterocycles. The summed E-state index contributed by atoms with van der Waals surface area (Å²) in [6.45, 7) is 6.30. The molecule has 6 nitrogen and oxygen atoms in total. The van der Waals surface area contributed by atoms with Crippen molar-refractivity contribution >= 4 is 16.0 Å². The Labute approximate surface area is 97.9 Å². The summed E-state index contributed by atoms with van der Waals surface area (Å²) < 4.78 is 27.6. The lowest BCUT2D eigenvalue weighted by atomic mass is 10.1. The summed E-state index contributed by atoms with van der Waals surface area (Å²) in [5, 5.41) is 7.16. The monoisotopic (exact) mass is 250 g/mol. The highest BCUT2D eigenvalue weighted by atomic mass is 32.2. The number of amidine groups is 1. The normalized spacial score (nSPS) is 14.0. The zero-order chi connectivity index (χ0) is 12.8. The van der Waals surface area contributed by atoms with Gasteiger partial charge in [0, 0.05) is 25.6 Å². The lowest BCUT2D eigenvalue weighted by Crippen LogP contribution is -2.46. The molecule has 0 amide bonds. The van der Waals surface area contributed by atoms with Gasteiger partial charge in [-0.05, 0) is 6.42 Å². The van der Waals surface area contributed by atoms with Crippen molar-refractivity contribution in [2.75, 3.05) is 13.1 Å². The van der Waals surface area contributed by atoms with Gasteiger partial charge in [-0.1, -0.05) is 20.8 Å². The van der Waals surface area contributed by atoms with Crippen LogP contribution in [0.1, 0.15) is 33.6 Å². The molecule has 0 radical (unpaired) electrons. The van der Waals surface area contributed by atoms with Crippen LogP contribution in [-0.2, 0) is 10.2 Å². The van der Waals surface area contributed by atoms with Crippen LogP contribution in [0.4, 0.5) is 0 Å². The SMILES string of the molecule is CCC(CC(=N)N)NS(=O)(=O)N(CC)CC. The Morgan fingerprint density at radius 3 is 2.19 bits per heavy atom. The Hall–Kier alpha value is -0.660. The van der Waals surface area contributed by atoms with Gasteiger partial charge in [0.15, 0.2) is 0 Å². The first-order valence-electron chi connectivity index (χ1n) is 5.47. The third kappa shape index (κ3) is 4.91. The minimum Gasteiger partial charge on any atom is -0.388 e. The largest absolute Gasteiger partial charge is 0.388 e. The molecule has 16 heavy (non-hydrogen) atoms. The Morgan fingerprint density at radius 1 is 1.38 bits per heavy atom. The molecule has 0 aliphatic carbocycles. The molecule has 0 aromatic carbocycles. The molecule has 4 N–H and O–H groups in total. The molecule has 1 unspecified atom stereocenters. The van der Waals surface area contributed by atoms with E-state index in [1.807, 2.05) is 6.92 Å². The predicted octanol–water partition coefficient (Wildman–Crippen LogP) is 0.267. The molecule has 96 valence electrons. The lowest BCUT2D eigenvalue weighted by Gasteiger charge is -2.23. The van der Waals surface area contributed by atoms with Crippen LogP contribution in [0.5, 0.6) is 0 Å². The van der Waals surface area contributed by atoms with Gasteiger partial charge in [0.05, 0.1) is 5.84 Å². The molecule has 0 bridgehead atoms. The Morgan fingerprint density at radius 2 is 1.88 bits per heavy atom. The predicted molar refractivity (Wildman–Crippen MR) is 65.6 cm³/mol. The maximum absolute atomic E-state index is 11.8. The van der Waals surface area contributed by atoms with E-state index < -0.39 is 10.2 Å². The van der Waals surface area contributed by atoms with E-state index in [1.165, 1.54) is 4.31 Å². The van der Waals surface area contributed by atoms with Crippen molar-refractivity contribution in [1.82, 2.24) is 9.03 Å². The Balaban J connectivity index is 4.59. The van der Waals surface area contributed by atoms with Crippen molar-refractivity contribution in [1.29, 1.82) is 5.41 Å². The van der Waals surface area contributed by atoms with Gasteiger partial charge >= 0.3 is 0 Å². The molecular formula is C9H22N4O2S. The molecule has 7 heteroatoms. The van der Waals surface area contributed by atoms with Crippen LogP contribution in [0.25, 0.3) is 0 Å². The van der Waals surface area contributed by atoms with Gasteiger partial charge in [0.25, 0.3) is 10.2 Å². The van der Waals surface area contributed by atoms with Crippen LogP contribution in [0.2, 0.25) is 0 Å². The molecule has 0 heterocycles. The smallest absolute Gasteiger partial charge is 0.279 e. The average Bonchev–Trinajstić information content (AvgIpc) is 2.16. The zero-order valence-corrected chi connectivity index (χ0v) is 11.0. The highest BCUT2D eigenvalue weighted by Gasteiger charge is 2.22. The summed E-state index contributed by atoms with van der Waals surface area (Å²) >= 11 is 0. The van der Waals surface area contributed by atoms with E-state index in [9.17, 15) is 8.42 Å². The van der Waals surface area contributed by atoms with E-state index in [2.05, 4.69) is 4.72 Å². The van der Waals surface area contributed by atoms with Crippen molar-refractivity contribution in [2.24, 2.45) is 5.73 Å². The Kier molecular flexibility index (Phi) is 6.54. The fourth-order valence-corrected chi connectivity index (χ4v) is 2.88. The van der Waals surface area contributed by atoms with Gasteiger partial charge in [-0.3, -0.25) is 5.41 Å². The van der Waals surface area contributed by atoms with Crippen molar-refractivity contribution in [3.8, 4) is 0 Å². The number of nitrogens with zero attached hydrogens (tertiary/aromatic N) is 1. The minimum absolute atomic E-state index is 0.00547. The van der Waals surface area contributed by atoms with Gasteiger partial charge in [0.2, 0.25) is 0 Å². The van der Waals surface area contributed by atoms with Crippen LogP contribution in [0.15, 0.2) is 0 Å². The third-order valence-corrected chi connectivity index (χ3v) is 4.15. The maximum Gasteiger partial charge on any atom is 0.279 e. The summed E-state index contributed by atoms with van der Waals surface area (Å²) in [5.41, 5.74) is 5.26. The molecular weight excluding hydrogens is 228 g/mol. The summed E-state index contributed by atoms with van der Waals surface area (Å²) in [7, 11) is -3.45. The second-order valence-corrected chi connectivity index (χ2v) is 5.24. The van der Waals surface area contributed by atoms with E-state index >= 15 is 0 Å². The fourth-order valence-electron chi connectivity index (χ4n) is 1.38. The van der Waals surface area contributed by atoms with Crippen LogP contribution in [-0.4, -0.2) is 37.7 Å². The summed E-state index contributed by atoms with van der Waals surface area (Å²) in [6.07, 6.45) is 0.858. The molecule has 0 aromatic rings. The highest BCUT2D eigenvalue weighted by Crippen LogP contribution is 2.03. The number of hydrogen-bond donors (Lipinski definition) is 3. The van der Waals surface area contributed by atoms with Gasteiger partial charge in [0.1, 0.15) is 0 Å². The number of hydrogen-bond acceptors (Lipinski definition) is 3. The lowest BCUT2D eigenvalue weighted by molar-refractivity contribution is 0.424. The topological polar surface area (TPSA) is 99.3 Å².